The quantitative estimate of drug-likeness (QED) is 0.736. The van der Waals surface area contributed by atoms with E-state index in [2.05, 4.69) is 0 Å². The van der Waals surface area contributed by atoms with Crippen molar-refractivity contribution in [2.24, 2.45) is 5.92 Å². The Hall–Kier alpha value is -1.48. The molecule has 0 atom stereocenters. The molecule has 0 aliphatic carbocycles. The largest absolute Gasteiger partial charge is 0.293 e. The molecule has 88 valence electrons. The molecule has 1 aromatic carbocycles. The van der Waals surface area contributed by atoms with E-state index in [0.29, 0.717) is 10.4 Å². The summed E-state index contributed by atoms with van der Waals surface area (Å²) >= 11 is 1.35. The average Bonchev–Trinajstić information content (AvgIpc) is 2.77. The number of benzene rings is 1. The van der Waals surface area contributed by atoms with Gasteiger partial charge in [-0.1, -0.05) is 32.0 Å². The van der Waals surface area contributed by atoms with Crippen LogP contribution in [-0.2, 0) is 0 Å². The van der Waals surface area contributed by atoms with E-state index < -0.39 is 0 Å². The minimum absolute atomic E-state index is 0.0258. The molecular weight excluding hydrogens is 235 g/mol. The van der Waals surface area contributed by atoms with Crippen molar-refractivity contribution in [2.45, 2.75) is 13.8 Å². The first-order valence-electron chi connectivity index (χ1n) is 5.48. The van der Waals surface area contributed by atoms with Crippen molar-refractivity contribution in [3.05, 3.63) is 47.1 Å². The summed E-state index contributed by atoms with van der Waals surface area (Å²) < 4.78 is 13.6. The topological polar surface area (TPSA) is 17.1 Å². The molecule has 0 aliphatic heterocycles. The number of thiophene rings is 1. The smallest absolute Gasteiger partial charge is 0.175 e. The van der Waals surface area contributed by atoms with Gasteiger partial charge in [-0.05, 0) is 18.2 Å². The van der Waals surface area contributed by atoms with Gasteiger partial charge in [0.25, 0.3) is 0 Å². The zero-order valence-corrected chi connectivity index (χ0v) is 10.6. The zero-order chi connectivity index (χ0) is 12.4. The number of Topliss-reactive ketones (excluding diaryl/α,β-unsaturated/α-hetero) is 1. The fourth-order valence-electron chi connectivity index (χ4n) is 1.56. The summed E-state index contributed by atoms with van der Waals surface area (Å²) in [6.45, 7) is 3.73. The molecule has 0 aliphatic rings. The summed E-state index contributed by atoms with van der Waals surface area (Å²) in [4.78, 5) is 13.3. The number of hydrogen-bond acceptors (Lipinski definition) is 2. The van der Waals surface area contributed by atoms with Crippen LogP contribution in [0.4, 0.5) is 4.39 Å². The van der Waals surface area contributed by atoms with Crippen molar-refractivity contribution in [1.82, 2.24) is 0 Å². The van der Waals surface area contributed by atoms with E-state index in [0.717, 1.165) is 4.88 Å². The summed E-state index contributed by atoms with van der Waals surface area (Å²) in [5.41, 5.74) is 0.556. The van der Waals surface area contributed by atoms with Gasteiger partial charge < -0.3 is 0 Å². The third-order valence-electron chi connectivity index (χ3n) is 2.51. The lowest BCUT2D eigenvalue weighted by Gasteiger charge is -2.00. The van der Waals surface area contributed by atoms with Crippen LogP contribution in [0.1, 0.15) is 23.5 Å². The summed E-state index contributed by atoms with van der Waals surface area (Å²) in [5, 5.41) is 0. The van der Waals surface area contributed by atoms with Gasteiger partial charge in [-0.15, -0.1) is 11.3 Å². The molecule has 0 spiro atoms. The molecule has 0 saturated heterocycles. The maximum Gasteiger partial charge on any atom is 0.175 e. The van der Waals surface area contributed by atoms with E-state index >= 15 is 0 Å². The van der Waals surface area contributed by atoms with Crippen molar-refractivity contribution in [3.63, 3.8) is 0 Å². The zero-order valence-electron chi connectivity index (χ0n) is 9.74. The maximum absolute atomic E-state index is 13.6. The van der Waals surface area contributed by atoms with Gasteiger partial charge in [0, 0.05) is 16.4 Å². The van der Waals surface area contributed by atoms with Crippen molar-refractivity contribution >= 4 is 17.1 Å². The van der Waals surface area contributed by atoms with E-state index in [1.165, 1.54) is 17.4 Å². The molecule has 1 nitrogen and oxygen atoms in total. The molecule has 0 amide bonds. The van der Waals surface area contributed by atoms with E-state index in [-0.39, 0.29) is 17.5 Å². The monoisotopic (exact) mass is 248 g/mol. The van der Waals surface area contributed by atoms with Crippen LogP contribution in [0.3, 0.4) is 0 Å². The third kappa shape index (κ3) is 2.44. The van der Waals surface area contributed by atoms with Crippen LogP contribution in [0.15, 0.2) is 36.4 Å². The number of ketones is 1. The van der Waals surface area contributed by atoms with Crippen LogP contribution in [0, 0.1) is 11.7 Å². The van der Waals surface area contributed by atoms with Gasteiger partial charge >= 0.3 is 0 Å². The Balaban J connectivity index is 2.37. The van der Waals surface area contributed by atoms with E-state index in [1.807, 2.05) is 13.8 Å². The van der Waals surface area contributed by atoms with Crippen molar-refractivity contribution in [1.29, 1.82) is 0 Å². The summed E-state index contributed by atoms with van der Waals surface area (Å²) in [6, 6.07) is 10.2. The first-order valence-corrected chi connectivity index (χ1v) is 6.30. The first kappa shape index (κ1) is 12.0. The first-order chi connectivity index (χ1) is 8.09. The second kappa shape index (κ2) is 4.80. The standard InChI is InChI=1S/C14H13FOS/c1-9(2)14(16)13-8-7-12(17-13)10-5-3-4-6-11(10)15/h3-9H,1-2H3. The van der Waals surface area contributed by atoms with E-state index in [4.69, 9.17) is 0 Å². The van der Waals surface area contributed by atoms with Crippen LogP contribution < -0.4 is 0 Å². The fourth-order valence-corrected chi connectivity index (χ4v) is 2.68. The molecule has 1 aromatic heterocycles. The molecule has 0 saturated carbocycles. The predicted octanol–water partition coefficient (Wildman–Crippen LogP) is 4.39. The maximum atomic E-state index is 13.6. The summed E-state index contributed by atoms with van der Waals surface area (Å²) in [5.74, 6) is -0.169. The molecule has 0 N–H and O–H groups in total. The lowest BCUT2D eigenvalue weighted by Crippen LogP contribution is -2.04. The molecule has 17 heavy (non-hydrogen) atoms. The Morgan fingerprint density at radius 3 is 2.53 bits per heavy atom. The predicted molar refractivity (Wildman–Crippen MR) is 68.9 cm³/mol. The highest BCUT2D eigenvalue weighted by Crippen LogP contribution is 2.30. The van der Waals surface area contributed by atoms with Gasteiger partial charge in [-0.2, -0.15) is 0 Å². The van der Waals surface area contributed by atoms with Crippen LogP contribution in [0.25, 0.3) is 10.4 Å². The van der Waals surface area contributed by atoms with Gasteiger partial charge in [0.2, 0.25) is 0 Å². The highest BCUT2D eigenvalue weighted by molar-refractivity contribution is 7.17. The fraction of sp³-hybridized carbons (Fsp3) is 0.214. The van der Waals surface area contributed by atoms with Crippen LogP contribution in [-0.4, -0.2) is 5.78 Å². The van der Waals surface area contributed by atoms with Crippen molar-refractivity contribution < 1.29 is 9.18 Å². The minimum Gasteiger partial charge on any atom is -0.293 e. The van der Waals surface area contributed by atoms with Crippen molar-refractivity contribution in [2.75, 3.05) is 0 Å². The normalized spacial score (nSPS) is 10.8. The Kier molecular flexibility index (Phi) is 3.38. The summed E-state index contributed by atoms with van der Waals surface area (Å²) in [7, 11) is 0. The number of halogens is 1. The number of hydrogen-bond donors (Lipinski definition) is 0. The lowest BCUT2D eigenvalue weighted by molar-refractivity contribution is 0.0943. The Labute approximate surface area is 104 Å². The molecule has 0 bridgehead atoms. The van der Waals surface area contributed by atoms with E-state index in [9.17, 15) is 9.18 Å². The van der Waals surface area contributed by atoms with Crippen LogP contribution >= 0.6 is 11.3 Å². The van der Waals surface area contributed by atoms with E-state index in [1.54, 1.807) is 30.3 Å². The molecule has 1 heterocycles. The highest BCUT2D eigenvalue weighted by Gasteiger charge is 2.14. The van der Waals surface area contributed by atoms with Gasteiger partial charge in [0.05, 0.1) is 4.88 Å². The second-order valence-corrected chi connectivity index (χ2v) is 5.25. The van der Waals surface area contributed by atoms with Crippen LogP contribution in [0.2, 0.25) is 0 Å². The number of carbonyl (C=O) groups is 1. The SMILES string of the molecule is CC(C)C(=O)c1ccc(-c2ccccc2F)s1. The molecule has 2 aromatic rings. The number of carbonyl (C=O) groups excluding carboxylic acids is 1. The molecule has 0 radical (unpaired) electrons. The van der Waals surface area contributed by atoms with Gasteiger partial charge in [-0.3, -0.25) is 4.79 Å². The minimum atomic E-state index is -0.252. The van der Waals surface area contributed by atoms with Crippen LogP contribution in [0.5, 0.6) is 0 Å². The molecule has 0 fully saturated rings. The lowest BCUT2D eigenvalue weighted by atomic mass is 10.1. The Morgan fingerprint density at radius 1 is 1.18 bits per heavy atom. The Morgan fingerprint density at radius 2 is 1.88 bits per heavy atom. The highest BCUT2D eigenvalue weighted by atomic mass is 32.1. The summed E-state index contributed by atoms with van der Waals surface area (Å²) in [6.07, 6.45) is 0. The molecule has 2 rings (SSSR count). The third-order valence-corrected chi connectivity index (χ3v) is 3.65. The molecular formula is C14H13FOS. The number of rotatable bonds is 3. The molecule has 3 heteroatoms. The van der Waals surface area contributed by atoms with Gasteiger partial charge in [0.1, 0.15) is 5.82 Å². The van der Waals surface area contributed by atoms with Crippen molar-refractivity contribution in [3.8, 4) is 10.4 Å². The van der Waals surface area contributed by atoms with Gasteiger partial charge in [-0.25, -0.2) is 4.39 Å². The Bertz CT molecular complexity index is 543. The average molecular weight is 248 g/mol. The van der Waals surface area contributed by atoms with Gasteiger partial charge in [0.15, 0.2) is 5.78 Å². The second-order valence-electron chi connectivity index (χ2n) is 4.16. The molecule has 0 unspecified atom stereocenters.